The van der Waals surface area contributed by atoms with Gasteiger partial charge in [-0.05, 0) is 43.7 Å². The summed E-state index contributed by atoms with van der Waals surface area (Å²) in [5.41, 5.74) is 1.45. The number of benzene rings is 2. The number of carbonyl (C=O) groups is 1. The van der Waals surface area contributed by atoms with E-state index in [4.69, 9.17) is 18.9 Å². The molecule has 0 aliphatic heterocycles. The van der Waals surface area contributed by atoms with Crippen LogP contribution in [0.5, 0.6) is 17.2 Å². The molecule has 0 amide bonds. The maximum atomic E-state index is 13.3. The molecule has 0 atom stereocenters. The molecule has 0 radical (unpaired) electrons. The second-order valence-electron chi connectivity index (χ2n) is 8.64. The van der Waals surface area contributed by atoms with Crippen LogP contribution in [0.2, 0.25) is 0 Å². The zero-order chi connectivity index (χ0) is 25.2. The summed E-state index contributed by atoms with van der Waals surface area (Å²) in [5, 5.41) is 11.4. The predicted octanol–water partition coefficient (Wildman–Crippen LogP) is 5.78. The van der Waals surface area contributed by atoms with Gasteiger partial charge in [0, 0.05) is 37.3 Å². The van der Waals surface area contributed by atoms with E-state index in [0.717, 1.165) is 22.9 Å². The number of ether oxygens (including phenoxy) is 4. The van der Waals surface area contributed by atoms with Crippen molar-refractivity contribution in [2.45, 2.75) is 44.7 Å². The number of phenols is 1. The molecule has 1 N–H and O–H groups in total. The van der Waals surface area contributed by atoms with Crippen LogP contribution in [0, 0.1) is 0 Å². The summed E-state index contributed by atoms with van der Waals surface area (Å²) in [6.07, 6.45) is 9.01. The van der Waals surface area contributed by atoms with Crippen LogP contribution in [0.3, 0.4) is 0 Å². The number of hydrogen-bond donors (Lipinski definition) is 1. The van der Waals surface area contributed by atoms with Gasteiger partial charge < -0.3 is 24.1 Å². The highest BCUT2D eigenvalue weighted by Gasteiger charge is 2.27. The van der Waals surface area contributed by atoms with E-state index in [1.165, 1.54) is 39.6 Å². The third-order valence-corrected chi connectivity index (χ3v) is 6.61. The van der Waals surface area contributed by atoms with E-state index >= 15 is 0 Å². The number of ketones is 1. The van der Waals surface area contributed by atoms with Gasteiger partial charge in [-0.2, -0.15) is 0 Å². The van der Waals surface area contributed by atoms with Crippen LogP contribution in [-0.2, 0) is 16.0 Å². The minimum absolute atomic E-state index is 0.000614. The highest BCUT2D eigenvalue weighted by atomic mass is 79.9. The Hall–Kier alpha value is -2.39. The van der Waals surface area contributed by atoms with Crippen molar-refractivity contribution < 1.29 is 28.8 Å². The molecule has 1 aliphatic carbocycles. The lowest BCUT2D eigenvalue weighted by atomic mass is 9.93. The standard InChI is InChI=1S/C27H34BrNO6/c1-29(21-10-5-4-6-11-21)16-22-24(34-17-32-2)15-25(35-18-33-3)26(27(22)31)23(30)13-12-19-8-7-9-20(28)14-19/h7-9,12-15,21,31H,4-6,10-11,16-18H2,1-3H3/b13-12+. The molecule has 2 aromatic carbocycles. The average Bonchev–Trinajstić information content (AvgIpc) is 2.87. The van der Waals surface area contributed by atoms with Crippen molar-refractivity contribution in [1.82, 2.24) is 4.90 Å². The predicted molar refractivity (Wildman–Crippen MR) is 139 cm³/mol. The second kappa shape index (κ2) is 13.6. The first-order valence-electron chi connectivity index (χ1n) is 11.7. The van der Waals surface area contributed by atoms with Crippen molar-refractivity contribution in [1.29, 1.82) is 0 Å². The maximum Gasteiger partial charge on any atom is 0.193 e. The molecule has 0 spiro atoms. The SMILES string of the molecule is COCOc1cc(OCOC)c(C(=O)/C=C/c2cccc(Br)c2)c(O)c1CN(C)C1CCCCC1. The topological polar surface area (TPSA) is 77.5 Å². The maximum absolute atomic E-state index is 13.3. The van der Waals surface area contributed by atoms with Crippen molar-refractivity contribution in [2.24, 2.45) is 0 Å². The van der Waals surface area contributed by atoms with Crippen molar-refractivity contribution in [2.75, 3.05) is 34.9 Å². The van der Waals surface area contributed by atoms with Gasteiger partial charge in [0.25, 0.3) is 0 Å². The summed E-state index contributed by atoms with van der Waals surface area (Å²) < 4.78 is 22.5. The molecule has 190 valence electrons. The monoisotopic (exact) mass is 547 g/mol. The second-order valence-corrected chi connectivity index (χ2v) is 9.55. The third-order valence-electron chi connectivity index (χ3n) is 6.12. The first-order valence-corrected chi connectivity index (χ1v) is 12.5. The number of hydrogen-bond acceptors (Lipinski definition) is 7. The summed E-state index contributed by atoms with van der Waals surface area (Å²) in [5.74, 6) is 0.0544. The fraction of sp³-hybridized carbons (Fsp3) is 0.444. The number of phenolic OH excluding ortho intramolecular Hbond substituents is 1. The fourth-order valence-electron chi connectivity index (χ4n) is 4.31. The van der Waals surface area contributed by atoms with E-state index in [1.807, 2.05) is 31.3 Å². The number of nitrogens with zero attached hydrogens (tertiary/aromatic N) is 1. The minimum Gasteiger partial charge on any atom is -0.507 e. The van der Waals surface area contributed by atoms with Crippen molar-refractivity contribution in [3.8, 4) is 17.2 Å². The number of halogens is 1. The van der Waals surface area contributed by atoms with Gasteiger partial charge in [0.05, 0.1) is 5.56 Å². The van der Waals surface area contributed by atoms with Gasteiger partial charge in [0.1, 0.15) is 22.8 Å². The Balaban J connectivity index is 2.00. The summed E-state index contributed by atoms with van der Waals surface area (Å²) >= 11 is 3.44. The van der Waals surface area contributed by atoms with E-state index in [2.05, 4.69) is 20.8 Å². The fourth-order valence-corrected chi connectivity index (χ4v) is 4.72. The summed E-state index contributed by atoms with van der Waals surface area (Å²) in [7, 11) is 5.06. The van der Waals surface area contributed by atoms with Gasteiger partial charge in [0.2, 0.25) is 0 Å². The summed E-state index contributed by atoms with van der Waals surface area (Å²) in [4.78, 5) is 15.5. The van der Waals surface area contributed by atoms with Gasteiger partial charge >= 0.3 is 0 Å². The van der Waals surface area contributed by atoms with E-state index in [-0.39, 0.29) is 36.4 Å². The molecular weight excluding hydrogens is 514 g/mol. The quantitative estimate of drug-likeness (QED) is 0.205. The Bertz CT molecular complexity index is 1020. The lowest BCUT2D eigenvalue weighted by Gasteiger charge is -2.32. The molecule has 7 nitrogen and oxygen atoms in total. The lowest BCUT2D eigenvalue weighted by molar-refractivity contribution is 0.0442. The number of methoxy groups -OCH3 is 2. The van der Waals surface area contributed by atoms with Gasteiger partial charge in [0.15, 0.2) is 19.4 Å². The van der Waals surface area contributed by atoms with Crippen molar-refractivity contribution in [3.05, 3.63) is 57.6 Å². The Morgan fingerprint density at radius 2 is 1.77 bits per heavy atom. The van der Waals surface area contributed by atoms with Crippen LogP contribution < -0.4 is 9.47 Å². The van der Waals surface area contributed by atoms with Crippen LogP contribution in [0.15, 0.2) is 40.9 Å². The van der Waals surface area contributed by atoms with Crippen LogP contribution in [0.25, 0.3) is 6.08 Å². The zero-order valence-corrected chi connectivity index (χ0v) is 22.2. The van der Waals surface area contributed by atoms with Gasteiger partial charge in [-0.15, -0.1) is 0 Å². The first kappa shape index (κ1) is 27.2. The number of rotatable bonds is 12. The van der Waals surface area contributed by atoms with Crippen LogP contribution in [0.1, 0.15) is 53.6 Å². The Labute approximate surface area is 215 Å². The molecule has 1 fully saturated rings. The Morgan fingerprint density at radius 1 is 1.09 bits per heavy atom. The van der Waals surface area contributed by atoms with Crippen LogP contribution in [0.4, 0.5) is 0 Å². The van der Waals surface area contributed by atoms with E-state index < -0.39 is 0 Å². The molecule has 8 heteroatoms. The molecule has 2 aromatic rings. The number of allylic oxidation sites excluding steroid dienone is 1. The molecule has 3 rings (SSSR count). The molecule has 35 heavy (non-hydrogen) atoms. The largest absolute Gasteiger partial charge is 0.507 e. The zero-order valence-electron chi connectivity index (χ0n) is 20.6. The lowest BCUT2D eigenvalue weighted by Crippen LogP contribution is -2.33. The highest BCUT2D eigenvalue weighted by Crippen LogP contribution is 2.41. The van der Waals surface area contributed by atoms with Crippen LogP contribution >= 0.6 is 15.9 Å². The number of carbonyl (C=O) groups excluding carboxylic acids is 1. The Kier molecular flexibility index (Phi) is 10.6. The van der Waals surface area contributed by atoms with Gasteiger partial charge in [-0.25, -0.2) is 0 Å². The first-order chi connectivity index (χ1) is 16.9. The summed E-state index contributed by atoms with van der Waals surface area (Å²) in [6, 6.07) is 9.64. The van der Waals surface area contributed by atoms with Crippen molar-refractivity contribution >= 4 is 27.8 Å². The summed E-state index contributed by atoms with van der Waals surface area (Å²) in [6.45, 7) is 0.342. The van der Waals surface area contributed by atoms with E-state index in [0.29, 0.717) is 23.9 Å². The minimum atomic E-state index is -0.381. The highest BCUT2D eigenvalue weighted by molar-refractivity contribution is 9.10. The normalized spacial score (nSPS) is 14.5. The molecule has 0 aromatic heterocycles. The smallest absolute Gasteiger partial charge is 0.193 e. The molecule has 0 heterocycles. The molecule has 0 unspecified atom stereocenters. The molecule has 1 saturated carbocycles. The van der Waals surface area contributed by atoms with E-state index in [9.17, 15) is 9.90 Å². The third kappa shape index (κ3) is 7.54. The molecule has 1 aliphatic rings. The van der Waals surface area contributed by atoms with Gasteiger partial charge in [-0.1, -0.05) is 53.4 Å². The molecule has 0 bridgehead atoms. The average molecular weight is 548 g/mol. The molecule has 0 saturated heterocycles. The van der Waals surface area contributed by atoms with Crippen LogP contribution in [-0.4, -0.2) is 56.7 Å². The van der Waals surface area contributed by atoms with Crippen molar-refractivity contribution in [3.63, 3.8) is 0 Å². The van der Waals surface area contributed by atoms with E-state index in [1.54, 1.807) is 12.1 Å². The van der Waals surface area contributed by atoms with Gasteiger partial charge in [-0.3, -0.25) is 9.69 Å². The number of aromatic hydroxyl groups is 1. The Morgan fingerprint density at radius 3 is 2.43 bits per heavy atom. The molecular formula is C27H34BrNO6.